The lowest BCUT2D eigenvalue weighted by molar-refractivity contribution is -0.133. The topological polar surface area (TPSA) is 65.8 Å². The van der Waals surface area contributed by atoms with Gasteiger partial charge in [0.25, 0.3) is 0 Å². The van der Waals surface area contributed by atoms with Gasteiger partial charge in [0, 0.05) is 28.2 Å². The van der Waals surface area contributed by atoms with Crippen LogP contribution in [0.3, 0.4) is 0 Å². The van der Waals surface area contributed by atoms with Gasteiger partial charge in [-0.2, -0.15) is 5.26 Å². The largest absolute Gasteiger partial charge is 0.326 e. The molecule has 3 aromatic rings. The predicted molar refractivity (Wildman–Crippen MR) is 123 cm³/mol. The highest BCUT2D eigenvalue weighted by molar-refractivity contribution is 6.30. The predicted octanol–water partition coefficient (Wildman–Crippen LogP) is 6.45. The number of hydrogen-bond acceptors (Lipinski definition) is 3. The zero-order valence-electron chi connectivity index (χ0n) is 17.3. The Morgan fingerprint density at radius 1 is 1.06 bits per heavy atom. The van der Waals surface area contributed by atoms with Gasteiger partial charge in [-0.05, 0) is 104 Å². The molecule has 0 radical (unpaired) electrons. The summed E-state index contributed by atoms with van der Waals surface area (Å²) >= 11 is 5.95. The van der Waals surface area contributed by atoms with Crippen molar-refractivity contribution in [1.82, 2.24) is 4.98 Å². The van der Waals surface area contributed by atoms with Crippen LogP contribution in [0.5, 0.6) is 0 Å². The van der Waals surface area contributed by atoms with Gasteiger partial charge in [-0.1, -0.05) is 11.6 Å². The molecular weight excluding hydrogens is 406 g/mol. The molecule has 2 aromatic carbocycles. The number of rotatable bonds is 3. The van der Waals surface area contributed by atoms with Crippen molar-refractivity contribution in [3.63, 3.8) is 0 Å². The number of fused-ring (bicyclic) bond motifs is 1. The third kappa shape index (κ3) is 3.68. The molecule has 0 saturated heterocycles. The van der Waals surface area contributed by atoms with Gasteiger partial charge < -0.3 is 5.32 Å². The number of anilines is 1. The van der Waals surface area contributed by atoms with Crippen molar-refractivity contribution >= 4 is 34.1 Å². The van der Waals surface area contributed by atoms with E-state index in [1.165, 1.54) is 5.56 Å². The average Bonchev–Trinajstić information content (AvgIpc) is 2.79. The molecule has 0 bridgehead atoms. The smallest absolute Gasteiger partial charge is 0.228 e. The second-order valence-corrected chi connectivity index (χ2v) is 9.40. The van der Waals surface area contributed by atoms with Crippen LogP contribution in [-0.2, 0) is 4.79 Å². The highest BCUT2D eigenvalue weighted by Crippen LogP contribution is 2.58. The molecule has 1 atom stereocenters. The van der Waals surface area contributed by atoms with E-state index in [0.29, 0.717) is 16.5 Å². The molecule has 1 N–H and O–H groups in total. The van der Waals surface area contributed by atoms with Crippen LogP contribution in [0.1, 0.15) is 55.6 Å². The minimum Gasteiger partial charge on any atom is -0.326 e. The van der Waals surface area contributed by atoms with E-state index in [9.17, 15) is 10.1 Å². The summed E-state index contributed by atoms with van der Waals surface area (Å²) in [4.78, 5) is 17.4. The third-order valence-corrected chi connectivity index (χ3v) is 7.68. The van der Waals surface area contributed by atoms with Crippen molar-refractivity contribution in [2.45, 2.75) is 44.4 Å². The van der Waals surface area contributed by atoms with Crippen LogP contribution in [0.25, 0.3) is 10.9 Å². The van der Waals surface area contributed by atoms with Crippen LogP contribution >= 0.6 is 11.6 Å². The van der Waals surface area contributed by atoms with E-state index in [-0.39, 0.29) is 17.2 Å². The van der Waals surface area contributed by atoms with Gasteiger partial charge >= 0.3 is 0 Å². The highest BCUT2D eigenvalue weighted by Gasteiger charge is 2.51. The average molecular weight is 430 g/mol. The van der Waals surface area contributed by atoms with Crippen LogP contribution in [0.4, 0.5) is 5.69 Å². The SMILES string of the molecule is N#Cc1ccc2nccc([C@H]3CC[C@]4(CC[C@@H]4C(=O)Nc4ccc(Cl)cc4)CC3)c2c1. The lowest BCUT2D eigenvalue weighted by Gasteiger charge is -2.52. The molecule has 1 aromatic heterocycles. The summed E-state index contributed by atoms with van der Waals surface area (Å²) in [7, 11) is 0. The van der Waals surface area contributed by atoms with Crippen molar-refractivity contribution < 1.29 is 4.79 Å². The lowest BCUT2D eigenvalue weighted by atomic mass is 9.52. The number of aromatic nitrogens is 1. The summed E-state index contributed by atoms with van der Waals surface area (Å²) < 4.78 is 0. The number of benzene rings is 2. The summed E-state index contributed by atoms with van der Waals surface area (Å²) in [6.07, 6.45) is 8.25. The van der Waals surface area contributed by atoms with E-state index in [0.717, 1.165) is 55.1 Å². The van der Waals surface area contributed by atoms with E-state index in [4.69, 9.17) is 11.6 Å². The number of carbonyl (C=O) groups is 1. The quantitative estimate of drug-likeness (QED) is 0.520. The minimum atomic E-state index is 0.0866. The first-order chi connectivity index (χ1) is 15.1. The van der Waals surface area contributed by atoms with Crippen LogP contribution in [0.15, 0.2) is 54.7 Å². The Morgan fingerprint density at radius 2 is 1.81 bits per heavy atom. The van der Waals surface area contributed by atoms with Crippen LogP contribution in [-0.4, -0.2) is 10.9 Å². The van der Waals surface area contributed by atoms with Gasteiger partial charge in [-0.3, -0.25) is 9.78 Å². The van der Waals surface area contributed by atoms with Gasteiger partial charge in [0.15, 0.2) is 0 Å². The fourth-order valence-electron chi connectivity index (χ4n) is 5.56. The molecule has 156 valence electrons. The first-order valence-electron chi connectivity index (χ1n) is 10.9. The number of nitriles is 1. The summed E-state index contributed by atoms with van der Waals surface area (Å²) in [5, 5.41) is 14.1. The number of amides is 1. The number of hydrogen-bond donors (Lipinski definition) is 1. The lowest BCUT2D eigenvalue weighted by Crippen LogP contribution is -2.48. The van der Waals surface area contributed by atoms with E-state index in [1.54, 1.807) is 12.1 Å². The van der Waals surface area contributed by atoms with Crippen molar-refractivity contribution in [2.24, 2.45) is 11.3 Å². The number of nitrogens with one attached hydrogen (secondary N) is 1. The maximum absolute atomic E-state index is 13.0. The Morgan fingerprint density at radius 3 is 2.48 bits per heavy atom. The van der Waals surface area contributed by atoms with E-state index in [2.05, 4.69) is 22.4 Å². The molecule has 5 rings (SSSR count). The monoisotopic (exact) mass is 429 g/mol. The Hall–Kier alpha value is -2.90. The molecule has 0 aliphatic heterocycles. The van der Waals surface area contributed by atoms with E-state index in [1.807, 2.05) is 36.5 Å². The van der Waals surface area contributed by atoms with Gasteiger partial charge in [-0.15, -0.1) is 0 Å². The van der Waals surface area contributed by atoms with Crippen molar-refractivity contribution in [2.75, 3.05) is 5.32 Å². The fraction of sp³-hybridized carbons (Fsp3) is 0.346. The summed E-state index contributed by atoms with van der Waals surface area (Å²) in [5.74, 6) is 0.675. The normalized spacial score (nSPS) is 25.0. The van der Waals surface area contributed by atoms with Crippen LogP contribution in [0.2, 0.25) is 5.02 Å². The zero-order chi connectivity index (χ0) is 21.4. The number of carbonyl (C=O) groups excluding carboxylic acids is 1. The van der Waals surface area contributed by atoms with Crippen molar-refractivity contribution in [3.8, 4) is 6.07 Å². The second-order valence-electron chi connectivity index (χ2n) is 8.97. The Labute approximate surface area is 187 Å². The Balaban J connectivity index is 1.30. The number of nitrogens with zero attached hydrogens (tertiary/aromatic N) is 2. The van der Waals surface area contributed by atoms with E-state index < -0.39 is 0 Å². The van der Waals surface area contributed by atoms with E-state index >= 15 is 0 Å². The Bertz CT molecular complexity index is 1170. The number of halogens is 1. The third-order valence-electron chi connectivity index (χ3n) is 7.42. The van der Waals surface area contributed by atoms with Gasteiger partial charge in [-0.25, -0.2) is 0 Å². The maximum Gasteiger partial charge on any atom is 0.228 e. The molecule has 2 aliphatic carbocycles. The van der Waals surface area contributed by atoms with Crippen molar-refractivity contribution in [1.29, 1.82) is 5.26 Å². The molecular formula is C26H24ClN3O. The summed E-state index contributed by atoms with van der Waals surface area (Å²) in [6.45, 7) is 0. The molecule has 1 amide bonds. The summed E-state index contributed by atoms with van der Waals surface area (Å²) in [6, 6.07) is 17.4. The Kier molecular flexibility index (Phi) is 5.16. The first kappa shape index (κ1) is 20.0. The van der Waals surface area contributed by atoms with Gasteiger partial charge in [0.2, 0.25) is 5.91 Å². The molecule has 31 heavy (non-hydrogen) atoms. The molecule has 1 spiro atoms. The molecule has 0 unspecified atom stereocenters. The summed E-state index contributed by atoms with van der Waals surface area (Å²) in [5.41, 5.74) is 3.85. The fourth-order valence-corrected chi connectivity index (χ4v) is 5.69. The second kappa shape index (κ2) is 7.98. The molecule has 2 fully saturated rings. The molecule has 4 nitrogen and oxygen atoms in total. The molecule has 2 aliphatic rings. The number of pyridine rings is 1. The molecule has 5 heteroatoms. The maximum atomic E-state index is 13.0. The molecule has 2 saturated carbocycles. The van der Waals surface area contributed by atoms with Gasteiger partial charge in [0.1, 0.15) is 0 Å². The standard InChI is InChI=1S/C26H24ClN3O/c27-19-2-4-20(5-3-19)30-25(31)23-9-13-26(23)11-7-18(8-12-26)21-10-14-29-24-6-1-17(16-28)15-22(21)24/h1-6,10,14-15,18,23H,7-9,11-13H2,(H,30,31)/t18-,23-,26+/m1/s1. The molecule has 1 heterocycles. The minimum absolute atomic E-state index is 0.0866. The van der Waals surface area contributed by atoms with Crippen molar-refractivity contribution in [3.05, 3.63) is 70.9 Å². The van der Waals surface area contributed by atoms with Crippen LogP contribution < -0.4 is 5.32 Å². The zero-order valence-corrected chi connectivity index (χ0v) is 18.0. The first-order valence-corrected chi connectivity index (χ1v) is 11.3. The highest BCUT2D eigenvalue weighted by atomic mass is 35.5. The van der Waals surface area contributed by atoms with Crippen LogP contribution in [0, 0.1) is 22.7 Å². The van der Waals surface area contributed by atoms with Gasteiger partial charge in [0.05, 0.1) is 17.1 Å².